The fourth-order valence-corrected chi connectivity index (χ4v) is 1.70. The van der Waals surface area contributed by atoms with E-state index in [1.54, 1.807) is 0 Å². The number of hydrogen-bond acceptors (Lipinski definition) is 4. The Morgan fingerprint density at radius 2 is 2.33 bits per heavy atom. The summed E-state index contributed by atoms with van der Waals surface area (Å²) in [5.74, 6) is 2.23. The number of nitrogens with zero attached hydrogens (tertiary/aromatic N) is 2. The van der Waals surface area contributed by atoms with Crippen LogP contribution in [0.5, 0.6) is 0 Å². The van der Waals surface area contributed by atoms with Gasteiger partial charge in [-0.1, -0.05) is 18.5 Å². The fraction of sp³-hybridized carbons (Fsp3) is 0.818. The molecule has 1 aromatic rings. The summed E-state index contributed by atoms with van der Waals surface area (Å²) in [4.78, 5) is 4.34. The fourth-order valence-electron chi connectivity index (χ4n) is 1.70. The highest BCUT2D eigenvalue weighted by molar-refractivity contribution is 4.93. The summed E-state index contributed by atoms with van der Waals surface area (Å²) in [5, 5.41) is 3.94. The van der Waals surface area contributed by atoms with Gasteiger partial charge in [0.25, 0.3) is 0 Å². The lowest BCUT2D eigenvalue weighted by atomic mass is 10.1. The van der Waals surface area contributed by atoms with Crippen LogP contribution in [-0.4, -0.2) is 16.2 Å². The Balaban J connectivity index is 1.83. The average Bonchev–Trinajstić information content (AvgIpc) is 2.99. The zero-order valence-electron chi connectivity index (χ0n) is 9.28. The van der Waals surface area contributed by atoms with E-state index in [-0.39, 0.29) is 6.04 Å². The summed E-state index contributed by atoms with van der Waals surface area (Å²) >= 11 is 0. The van der Waals surface area contributed by atoms with Crippen molar-refractivity contribution in [3.05, 3.63) is 11.7 Å². The first-order valence-electron chi connectivity index (χ1n) is 5.86. The van der Waals surface area contributed by atoms with E-state index in [1.807, 2.05) is 0 Å². The smallest absolute Gasteiger partial charge is 0.228 e. The van der Waals surface area contributed by atoms with Crippen LogP contribution in [0.3, 0.4) is 0 Å². The van der Waals surface area contributed by atoms with Crippen molar-refractivity contribution in [2.24, 2.45) is 11.7 Å². The summed E-state index contributed by atoms with van der Waals surface area (Å²) in [6.45, 7) is 2.16. The van der Waals surface area contributed by atoms with Gasteiger partial charge in [-0.2, -0.15) is 4.98 Å². The van der Waals surface area contributed by atoms with E-state index in [2.05, 4.69) is 17.1 Å². The Morgan fingerprint density at radius 1 is 1.53 bits per heavy atom. The number of aryl methyl sites for hydroxylation is 1. The van der Waals surface area contributed by atoms with Gasteiger partial charge in [0.05, 0.1) is 0 Å². The van der Waals surface area contributed by atoms with Crippen molar-refractivity contribution in [1.29, 1.82) is 0 Å². The molecule has 1 fully saturated rings. The third-order valence-corrected chi connectivity index (χ3v) is 2.90. The average molecular weight is 209 g/mol. The van der Waals surface area contributed by atoms with E-state index >= 15 is 0 Å². The summed E-state index contributed by atoms with van der Waals surface area (Å²) in [7, 11) is 0. The molecule has 1 aliphatic rings. The predicted octanol–water partition coefficient (Wildman–Crippen LogP) is 1.69. The van der Waals surface area contributed by atoms with Crippen LogP contribution in [0.25, 0.3) is 0 Å². The Bertz CT molecular complexity index is 307. The van der Waals surface area contributed by atoms with Crippen molar-refractivity contribution in [1.82, 2.24) is 10.1 Å². The number of aromatic nitrogens is 2. The molecule has 84 valence electrons. The van der Waals surface area contributed by atoms with Crippen LogP contribution < -0.4 is 5.73 Å². The molecule has 0 saturated heterocycles. The van der Waals surface area contributed by atoms with Gasteiger partial charge in [-0.05, 0) is 25.2 Å². The van der Waals surface area contributed by atoms with Crippen LogP contribution in [0.1, 0.15) is 44.3 Å². The molecule has 1 unspecified atom stereocenters. The second-order valence-electron chi connectivity index (χ2n) is 4.41. The Hall–Kier alpha value is -0.900. The summed E-state index contributed by atoms with van der Waals surface area (Å²) in [6.07, 6.45) is 6.46. The third-order valence-electron chi connectivity index (χ3n) is 2.90. The predicted molar refractivity (Wildman–Crippen MR) is 57.3 cm³/mol. The standard InChI is InChI=1S/C11H19N3O/c1-2-3-4-10-13-11(15-14-10)7-9(12)8-5-6-8/h8-9H,2-7,12H2,1H3. The van der Waals surface area contributed by atoms with E-state index in [0.717, 1.165) is 31.5 Å². The van der Waals surface area contributed by atoms with Gasteiger partial charge in [0.15, 0.2) is 5.82 Å². The number of hydrogen-bond donors (Lipinski definition) is 1. The first kappa shape index (κ1) is 10.6. The highest BCUT2D eigenvalue weighted by Gasteiger charge is 2.29. The molecule has 1 saturated carbocycles. The maximum Gasteiger partial charge on any atom is 0.228 e. The Morgan fingerprint density at radius 3 is 3.00 bits per heavy atom. The molecule has 1 heterocycles. The highest BCUT2D eigenvalue weighted by atomic mass is 16.5. The lowest BCUT2D eigenvalue weighted by Gasteiger charge is -2.04. The van der Waals surface area contributed by atoms with Gasteiger partial charge in [-0.25, -0.2) is 0 Å². The zero-order valence-corrected chi connectivity index (χ0v) is 9.28. The van der Waals surface area contributed by atoms with Crippen LogP contribution >= 0.6 is 0 Å². The minimum Gasteiger partial charge on any atom is -0.339 e. The molecule has 0 spiro atoms. The molecular weight excluding hydrogens is 190 g/mol. The number of nitrogens with two attached hydrogens (primary N) is 1. The van der Waals surface area contributed by atoms with Gasteiger partial charge in [0, 0.05) is 18.9 Å². The van der Waals surface area contributed by atoms with Crippen LogP contribution in [0.15, 0.2) is 4.52 Å². The molecule has 0 amide bonds. The molecule has 0 aromatic carbocycles. The van der Waals surface area contributed by atoms with E-state index in [1.165, 1.54) is 12.8 Å². The molecule has 0 aliphatic heterocycles. The zero-order chi connectivity index (χ0) is 10.7. The molecule has 2 rings (SSSR count). The van der Waals surface area contributed by atoms with Crippen LogP contribution in [0.2, 0.25) is 0 Å². The van der Waals surface area contributed by atoms with Crippen LogP contribution in [0.4, 0.5) is 0 Å². The van der Waals surface area contributed by atoms with E-state index in [4.69, 9.17) is 10.3 Å². The molecule has 4 heteroatoms. The third kappa shape index (κ3) is 3.02. The topological polar surface area (TPSA) is 64.9 Å². The lowest BCUT2D eigenvalue weighted by molar-refractivity contribution is 0.359. The minimum absolute atomic E-state index is 0.212. The summed E-state index contributed by atoms with van der Waals surface area (Å²) < 4.78 is 5.17. The van der Waals surface area contributed by atoms with Crippen molar-refractivity contribution in [2.45, 2.75) is 51.5 Å². The summed E-state index contributed by atoms with van der Waals surface area (Å²) in [6, 6.07) is 0.212. The van der Waals surface area contributed by atoms with Gasteiger partial charge < -0.3 is 10.3 Å². The SMILES string of the molecule is CCCCc1noc(CC(N)C2CC2)n1. The van der Waals surface area contributed by atoms with Crippen molar-refractivity contribution in [3.8, 4) is 0 Å². The number of unbranched alkanes of at least 4 members (excludes halogenated alkanes) is 1. The molecule has 4 nitrogen and oxygen atoms in total. The van der Waals surface area contributed by atoms with Gasteiger partial charge in [-0.3, -0.25) is 0 Å². The first-order chi connectivity index (χ1) is 7.29. The van der Waals surface area contributed by atoms with Crippen LogP contribution in [0, 0.1) is 5.92 Å². The van der Waals surface area contributed by atoms with Gasteiger partial charge >= 0.3 is 0 Å². The quantitative estimate of drug-likeness (QED) is 0.774. The second-order valence-corrected chi connectivity index (χ2v) is 4.41. The van der Waals surface area contributed by atoms with Gasteiger partial charge in [0.2, 0.25) is 5.89 Å². The first-order valence-corrected chi connectivity index (χ1v) is 5.86. The van der Waals surface area contributed by atoms with Gasteiger partial charge in [0.1, 0.15) is 0 Å². The maximum atomic E-state index is 5.99. The molecule has 15 heavy (non-hydrogen) atoms. The molecule has 1 atom stereocenters. The second kappa shape index (κ2) is 4.75. The Kier molecular flexibility index (Phi) is 3.36. The van der Waals surface area contributed by atoms with Gasteiger partial charge in [-0.15, -0.1) is 0 Å². The monoisotopic (exact) mass is 209 g/mol. The van der Waals surface area contributed by atoms with E-state index in [9.17, 15) is 0 Å². The van der Waals surface area contributed by atoms with Crippen molar-refractivity contribution < 1.29 is 4.52 Å². The van der Waals surface area contributed by atoms with Crippen molar-refractivity contribution in [3.63, 3.8) is 0 Å². The molecular formula is C11H19N3O. The summed E-state index contributed by atoms with van der Waals surface area (Å²) in [5.41, 5.74) is 5.99. The van der Waals surface area contributed by atoms with Crippen molar-refractivity contribution >= 4 is 0 Å². The molecule has 0 radical (unpaired) electrons. The normalized spacial score (nSPS) is 18.0. The van der Waals surface area contributed by atoms with Crippen LogP contribution in [-0.2, 0) is 12.8 Å². The highest BCUT2D eigenvalue weighted by Crippen LogP contribution is 2.32. The minimum atomic E-state index is 0.212. The Labute approximate surface area is 90.2 Å². The largest absolute Gasteiger partial charge is 0.339 e. The molecule has 0 bridgehead atoms. The van der Waals surface area contributed by atoms with Crippen molar-refractivity contribution in [2.75, 3.05) is 0 Å². The lowest BCUT2D eigenvalue weighted by Crippen LogP contribution is -2.25. The van der Waals surface area contributed by atoms with E-state index < -0.39 is 0 Å². The molecule has 1 aromatic heterocycles. The van der Waals surface area contributed by atoms with E-state index in [0.29, 0.717) is 11.8 Å². The number of rotatable bonds is 6. The maximum absolute atomic E-state index is 5.99. The molecule has 1 aliphatic carbocycles. The molecule has 2 N–H and O–H groups in total.